The third kappa shape index (κ3) is 6.24. The summed E-state index contributed by atoms with van der Waals surface area (Å²) in [7, 11) is 1.62. The van der Waals surface area contributed by atoms with Gasteiger partial charge in [-0.3, -0.25) is 0 Å². The fraction of sp³-hybridized carbons (Fsp3) is 0.615. The lowest BCUT2D eigenvalue weighted by Gasteiger charge is -2.19. The molecule has 0 saturated heterocycles. The first kappa shape index (κ1) is 13.9. The van der Waals surface area contributed by atoms with Gasteiger partial charge in [-0.2, -0.15) is 0 Å². The third-order valence-corrected chi connectivity index (χ3v) is 2.15. The van der Waals surface area contributed by atoms with E-state index in [4.69, 9.17) is 9.47 Å². The Morgan fingerprint density at radius 3 is 2.76 bits per heavy atom. The van der Waals surface area contributed by atoms with Gasteiger partial charge >= 0.3 is 0 Å². The molecular formula is C13H22N2O2. The Hall–Kier alpha value is -1.13. The summed E-state index contributed by atoms with van der Waals surface area (Å²) in [5.74, 6) is 0.648. The molecule has 96 valence electrons. The summed E-state index contributed by atoms with van der Waals surface area (Å²) >= 11 is 0. The predicted molar refractivity (Wildman–Crippen MR) is 68.2 cm³/mol. The van der Waals surface area contributed by atoms with E-state index in [1.54, 1.807) is 13.3 Å². The van der Waals surface area contributed by atoms with Crippen LogP contribution in [0.1, 0.15) is 26.3 Å². The Morgan fingerprint density at radius 1 is 1.35 bits per heavy atom. The van der Waals surface area contributed by atoms with Crippen molar-refractivity contribution in [3.8, 4) is 5.88 Å². The number of rotatable bonds is 6. The molecule has 0 aliphatic rings. The number of nitrogens with zero attached hydrogens (tertiary/aromatic N) is 1. The number of hydrogen-bond acceptors (Lipinski definition) is 4. The molecule has 0 aliphatic heterocycles. The van der Waals surface area contributed by atoms with Gasteiger partial charge in [0, 0.05) is 25.4 Å². The van der Waals surface area contributed by atoms with Crippen molar-refractivity contribution in [1.82, 2.24) is 10.3 Å². The third-order valence-electron chi connectivity index (χ3n) is 2.15. The van der Waals surface area contributed by atoms with E-state index in [9.17, 15) is 0 Å². The first-order chi connectivity index (χ1) is 8.01. The number of hydrogen-bond donors (Lipinski definition) is 1. The maximum absolute atomic E-state index is 5.61. The van der Waals surface area contributed by atoms with Gasteiger partial charge in [-0.25, -0.2) is 4.98 Å². The minimum absolute atomic E-state index is 0.0679. The van der Waals surface area contributed by atoms with Crippen LogP contribution < -0.4 is 10.1 Å². The van der Waals surface area contributed by atoms with Crippen molar-refractivity contribution in [3.63, 3.8) is 0 Å². The number of ether oxygens (including phenoxy) is 2. The second kappa shape index (κ2) is 6.57. The summed E-state index contributed by atoms with van der Waals surface area (Å²) < 4.78 is 10.7. The molecule has 1 aromatic rings. The fourth-order valence-electron chi connectivity index (χ4n) is 1.33. The van der Waals surface area contributed by atoms with Crippen LogP contribution in [0.25, 0.3) is 0 Å². The molecule has 0 bridgehead atoms. The molecule has 0 atom stereocenters. The van der Waals surface area contributed by atoms with Gasteiger partial charge in [0.05, 0.1) is 19.3 Å². The van der Waals surface area contributed by atoms with Crippen LogP contribution in [0.3, 0.4) is 0 Å². The van der Waals surface area contributed by atoms with E-state index < -0.39 is 0 Å². The molecular weight excluding hydrogens is 216 g/mol. The molecule has 4 heteroatoms. The number of pyridine rings is 1. The lowest BCUT2D eigenvalue weighted by atomic mass is 10.2. The summed E-state index contributed by atoms with van der Waals surface area (Å²) in [5.41, 5.74) is 1.09. The lowest BCUT2D eigenvalue weighted by Crippen LogP contribution is -2.26. The minimum atomic E-state index is -0.0679. The smallest absolute Gasteiger partial charge is 0.213 e. The van der Waals surface area contributed by atoms with Crippen molar-refractivity contribution in [2.45, 2.75) is 32.9 Å². The number of methoxy groups -OCH3 is 1. The molecule has 1 aromatic heterocycles. The standard InChI is InChI=1S/C13H22N2O2/c1-13(2,3)17-8-7-14-10-11-5-6-15-12(9-11)16-4/h5-6,9,14H,7-8,10H2,1-4H3. The molecule has 0 amide bonds. The average Bonchev–Trinajstić information content (AvgIpc) is 2.27. The van der Waals surface area contributed by atoms with Crippen molar-refractivity contribution in [3.05, 3.63) is 23.9 Å². The van der Waals surface area contributed by atoms with Crippen LogP contribution in [0.2, 0.25) is 0 Å². The van der Waals surface area contributed by atoms with E-state index >= 15 is 0 Å². The van der Waals surface area contributed by atoms with E-state index in [1.807, 2.05) is 12.1 Å². The van der Waals surface area contributed by atoms with Gasteiger partial charge < -0.3 is 14.8 Å². The summed E-state index contributed by atoms with van der Waals surface area (Å²) in [4.78, 5) is 4.06. The summed E-state index contributed by atoms with van der Waals surface area (Å²) in [5, 5.41) is 3.32. The topological polar surface area (TPSA) is 43.4 Å². The zero-order valence-corrected chi connectivity index (χ0v) is 11.1. The van der Waals surface area contributed by atoms with E-state index in [1.165, 1.54) is 0 Å². The molecule has 0 aliphatic carbocycles. The largest absolute Gasteiger partial charge is 0.481 e. The maximum atomic E-state index is 5.61. The molecule has 0 saturated carbocycles. The normalized spacial score (nSPS) is 11.5. The van der Waals surface area contributed by atoms with Gasteiger partial charge in [-0.1, -0.05) is 0 Å². The van der Waals surface area contributed by atoms with Gasteiger partial charge in [-0.15, -0.1) is 0 Å². The molecule has 0 unspecified atom stereocenters. The van der Waals surface area contributed by atoms with Crippen LogP contribution >= 0.6 is 0 Å². The Kier molecular flexibility index (Phi) is 5.38. The molecule has 4 nitrogen and oxygen atoms in total. The van der Waals surface area contributed by atoms with Crippen LogP contribution in [0.5, 0.6) is 5.88 Å². The van der Waals surface area contributed by atoms with Gasteiger partial charge in [0.25, 0.3) is 0 Å². The molecule has 0 aromatic carbocycles. The second-order valence-corrected chi connectivity index (χ2v) is 4.84. The van der Waals surface area contributed by atoms with Gasteiger partial charge in [-0.05, 0) is 32.4 Å². The zero-order valence-electron chi connectivity index (χ0n) is 11.1. The van der Waals surface area contributed by atoms with Crippen molar-refractivity contribution in [1.29, 1.82) is 0 Å². The summed E-state index contributed by atoms with van der Waals surface area (Å²) in [6.45, 7) is 8.52. The quantitative estimate of drug-likeness (QED) is 0.770. The second-order valence-electron chi connectivity index (χ2n) is 4.84. The predicted octanol–water partition coefficient (Wildman–Crippen LogP) is 1.99. The zero-order chi connectivity index (χ0) is 12.7. The average molecular weight is 238 g/mol. The van der Waals surface area contributed by atoms with Crippen molar-refractivity contribution >= 4 is 0 Å². The van der Waals surface area contributed by atoms with Gasteiger partial charge in [0.2, 0.25) is 5.88 Å². The highest BCUT2D eigenvalue weighted by atomic mass is 16.5. The molecule has 0 spiro atoms. The molecule has 17 heavy (non-hydrogen) atoms. The fourth-order valence-corrected chi connectivity index (χ4v) is 1.33. The molecule has 1 rings (SSSR count). The van der Waals surface area contributed by atoms with Crippen LogP contribution in [0.15, 0.2) is 18.3 Å². The highest BCUT2D eigenvalue weighted by Gasteiger charge is 2.08. The molecule has 0 fully saturated rings. The Labute approximate surface area is 103 Å². The first-order valence-corrected chi connectivity index (χ1v) is 5.85. The molecule has 1 N–H and O–H groups in total. The molecule has 1 heterocycles. The van der Waals surface area contributed by atoms with Gasteiger partial charge in [0.15, 0.2) is 0 Å². The minimum Gasteiger partial charge on any atom is -0.481 e. The highest BCUT2D eigenvalue weighted by molar-refractivity contribution is 5.20. The number of aromatic nitrogens is 1. The van der Waals surface area contributed by atoms with E-state index in [0.717, 1.165) is 18.7 Å². The highest BCUT2D eigenvalue weighted by Crippen LogP contribution is 2.08. The Balaban J connectivity index is 2.22. The first-order valence-electron chi connectivity index (χ1n) is 5.85. The van der Waals surface area contributed by atoms with Crippen LogP contribution in [0.4, 0.5) is 0 Å². The van der Waals surface area contributed by atoms with Gasteiger partial charge in [0.1, 0.15) is 0 Å². The van der Waals surface area contributed by atoms with Crippen LogP contribution in [-0.4, -0.2) is 30.8 Å². The van der Waals surface area contributed by atoms with Crippen LogP contribution in [-0.2, 0) is 11.3 Å². The van der Waals surface area contributed by atoms with E-state index in [2.05, 4.69) is 31.1 Å². The summed E-state index contributed by atoms with van der Waals surface area (Å²) in [6.07, 6.45) is 1.75. The monoisotopic (exact) mass is 238 g/mol. The Morgan fingerprint density at radius 2 is 2.12 bits per heavy atom. The summed E-state index contributed by atoms with van der Waals surface area (Å²) in [6, 6.07) is 3.90. The SMILES string of the molecule is COc1cc(CNCCOC(C)(C)C)ccn1. The van der Waals surface area contributed by atoms with Crippen LogP contribution in [0, 0.1) is 0 Å². The lowest BCUT2D eigenvalue weighted by molar-refractivity contribution is -0.000885. The van der Waals surface area contributed by atoms with E-state index in [0.29, 0.717) is 12.5 Å². The maximum Gasteiger partial charge on any atom is 0.213 e. The van der Waals surface area contributed by atoms with E-state index in [-0.39, 0.29) is 5.60 Å². The van der Waals surface area contributed by atoms with Crippen molar-refractivity contribution < 1.29 is 9.47 Å². The number of nitrogens with one attached hydrogen (secondary N) is 1. The molecule has 0 radical (unpaired) electrons. The van der Waals surface area contributed by atoms with Crippen molar-refractivity contribution in [2.24, 2.45) is 0 Å². The Bertz CT molecular complexity index is 334. The van der Waals surface area contributed by atoms with Crippen molar-refractivity contribution in [2.75, 3.05) is 20.3 Å².